The Bertz CT molecular complexity index is 573. The lowest BCUT2D eigenvalue weighted by Gasteiger charge is -2.21. The van der Waals surface area contributed by atoms with Crippen LogP contribution in [0.4, 0.5) is 0 Å². The monoisotopic (exact) mass is 266 g/mol. The minimum atomic E-state index is -0.689. The van der Waals surface area contributed by atoms with Crippen LogP contribution in [-0.4, -0.2) is 21.0 Å². The molecule has 6 nitrogen and oxygen atoms in total. The van der Waals surface area contributed by atoms with Crippen LogP contribution in [0.5, 0.6) is 0 Å². The summed E-state index contributed by atoms with van der Waals surface area (Å²) in [6, 6.07) is 0. The molecule has 0 fully saturated rings. The Morgan fingerprint density at radius 3 is 2.67 bits per heavy atom. The fraction of sp³-hybridized carbons (Fsp3) is 0.455. The molecule has 18 heavy (non-hydrogen) atoms. The summed E-state index contributed by atoms with van der Waals surface area (Å²) in [5.74, 6) is 0.749. The van der Waals surface area contributed by atoms with Crippen LogP contribution in [0.2, 0.25) is 0 Å². The van der Waals surface area contributed by atoms with Gasteiger partial charge in [-0.3, -0.25) is 4.79 Å². The van der Waals surface area contributed by atoms with Gasteiger partial charge in [0.2, 0.25) is 5.89 Å². The van der Waals surface area contributed by atoms with Crippen molar-refractivity contribution in [3.8, 4) is 0 Å². The van der Waals surface area contributed by atoms with Crippen molar-refractivity contribution < 1.29 is 9.32 Å². The minimum Gasteiger partial charge on any atom is -0.340 e. The molecule has 2 aromatic rings. The number of carbonyl (C=O) groups excluding carboxylic acids is 1. The first-order valence-corrected chi connectivity index (χ1v) is 6.31. The number of amides is 1. The number of hydrogen-bond donors (Lipinski definition) is 1. The molecule has 0 aliphatic carbocycles. The zero-order valence-electron chi connectivity index (χ0n) is 10.6. The van der Waals surface area contributed by atoms with Crippen LogP contribution < -0.4 is 5.32 Å². The first-order chi connectivity index (χ1) is 8.40. The molecule has 1 amide bonds. The van der Waals surface area contributed by atoms with Crippen LogP contribution in [0.1, 0.15) is 40.9 Å². The standard InChI is InChI=1S/C11H14N4O2S/c1-6-8(18-5-12-6)9(16)14-11(3,4)10-13-7(2)17-15-10/h5H,1-4H3,(H,14,16). The lowest BCUT2D eigenvalue weighted by Crippen LogP contribution is -2.41. The Hall–Kier alpha value is -1.76. The van der Waals surface area contributed by atoms with Gasteiger partial charge < -0.3 is 9.84 Å². The van der Waals surface area contributed by atoms with E-state index in [0.717, 1.165) is 5.69 Å². The molecule has 0 radical (unpaired) electrons. The number of carbonyl (C=O) groups is 1. The summed E-state index contributed by atoms with van der Waals surface area (Å²) >= 11 is 1.31. The second-order valence-corrected chi connectivity index (χ2v) is 5.34. The largest absolute Gasteiger partial charge is 0.340 e. The number of hydrogen-bond acceptors (Lipinski definition) is 6. The summed E-state index contributed by atoms with van der Waals surface area (Å²) in [5.41, 5.74) is 1.68. The van der Waals surface area contributed by atoms with Crippen molar-refractivity contribution in [1.29, 1.82) is 0 Å². The highest BCUT2D eigenvalue weighted by molar-refractivity contribution is 7.11. The van der Waals surface area contributed by atoms with Gasteiger partial charge in [-0.2, -0.15) is 4.98 Å². The highest BCUT2D eigenvalue weighted by Crippen LogP contribution is 2.19. The van der Waals surface area contributed by atoms with Crippen molar-refractivity contribution in [3.05, 3.63) is 27.8 Å². The van der Waals surface area contributed by atoms with Crippen LogP contribution in [0.3, 0.4) is 0 Å². The summed E-state index contributed by atoms with van der Waals surface area (Å²) < 4.78 is 4.92. The van der Waals surface area contributed by atoms with E-state index in [2.05, 4.69) is 20.4 Å². The number of aromatic nitrogens is 3. The van der Waals surface area contributed by atoms with E-state index in [9.17, 15) is 4.79 Å². The molecule has 0 unspecified atom stereocenters. The van der Waals surface area contributed by atoms with E-state index in [1.807, 2.05) is 13.8 Å². The van der Waals surface area contributed by atoms with Crippen LogP contribution in [0, 0.1) is 13.8 Å². The fourth-order valence-corrected chi connectivity index (χ4v) is 2.17. The maximum Gasteiger partial charge on any atom is 0.264 e. The van der Waals surface area contributed by atoms with Crippen LogP contribution in [0.25, 0.3) is 0 Å². The first kappa shape index (κ1) is 12.7. The van der Waals surface area contributed by atoms with E-state index < -0.39 is 5.54 Å². The number of nitrogens with zero attached hydrogens (tertiary/aromatic N) is 3. The zero-order valence-corrected chi connectivity index (χ0v) is 11.5. The van der Waals surface area contributed by atoms with E-state index in [1.165, 1.54) is 11.3 Å². The molecule has 1 N–H and O–H groups in total. The van der Waals surface area contributed by atoms with Gasteiger partial charge in [-0.25, -0.2) is 4.98 Å². The molecule has 2 heterocycles. The molecule has 2 rings (SSSR count). The van der Waals surface area contributed by atoms with Crippen molar-refractivity contribution in [2.45, 2.75) is 33.2 Å². The Morgan fingerprint density at radius 2 is 2.17 bits per heavy atom. The van der Waals surface area contributed by atoms with Crippen LogP contribution in [-0.2, 0) is 5.54 Å². The summed E-state index contributed by atoms with van der Waals surface area (Å²) in [7, 11) is 0. The van der Waals surface area contributed by atoms with E-state index in [1.54, 1.807) is 19.4 Å². The van der Waals surface area contributed by atoms with E-state index >= 15 is 0 Å². The molecule has 0 saturated heterocycles. The second kappa shape index (κ2) is 4.49. The van der Waals surface area contributed by atoms with Gasteiger partial charge in [0, 0.05) is 6.92 Å². The molecule has 0 saturated carbocycles. The van der Waals surface area contributed by atoms with Gasteiger partial charge in [-0.15, -0.1) is 11.3 Å². The number of rotatable bonds is 3. The van der Waals surface area contributed by atoms with Gasteiger partial charge in [0.05, 0.1) is 16.7 Å². The van der Waals surface area contributed by atoms with Crippen LogP contribution >= 0.6 is 11.3 Å². The highest BCUT2D eigenvalue weighted by Gasteiger charge is 2.29. The molecular weight excluding hydrogens is 252 g/mol. The van der Waals surface area contributed by atoms with Gasteiger partial charge in [-0.05, 0) is 20.8 Å². The molecule has 0 bridgehead atoms. The predicted molar refractivity (Wildman–Crippen MR) is 66.4 cm³/mol. The summed E-state index contributed by atoms with van der Waals surface area (Å²) in [5, 5.41) is 6.71. The fourth-order valence-electron chi connectivity index (χ4n) is 1.47. The molecule has 0 atom stereocenters. The molecule has 0 aliphatic rings. The Morgan fingerprint density at radius 1 is 1.44 bits per heavy atom. The van der Waals surface area contributed by atoms with Crippen LogP contribution in [0.15, 0.2) is 10.0 Å². The minimum absolute atomic E-state index is 0.178. The Labute approximate surface area is 108 Å². The summed E-state index contributed by atoms with van der Waals surface area (Å²) in [4.78, 5) is 20.9. The number of thiazole rings is 1. The lowest BCUT2D eigenvalue weighted by atomic mass is 10.0. The van der Waals surface area contributed by atoms with Gasteiger partial charge in [0.25, 0.3) is 5.91 Å². The molecule has 0 aromatic carbocycles. The van der Waals surface area contributed by atoms with Gasteiger partial charge in [0.1, 0.15) is 4.88 Å². The summed E-state index contributed by atoms with van der Waals surface area (Å²) in [6.07, 6.45) is 0. The van der Waals surface area contributed by atoms with Gasteiger partial charge in [-0.1, -0.05) is 5.16 Å². The van der Waals surface area contributed by atoms with E-state index in [0.29, 0.717) is 16.6 Å². The van der Waals surface area contributed by atoms with E-state index in [-0.39, 0.29) is 5.91 Å². The predicted octanol–water partition coefficient (Wildman–Crippen LogP) is 1.81. The maximum atomic E-state index is 12.1. The highest BCUT2D eigenvalue weighted by atomic mass is 32.1. The SMILES string of the molecule is Cc1nc(C(C)(C)NC(=O)c2scnc2C)no1. The molecule has 0 spiro atoms. The quantitative estimate of drug-likeness (QED) is 0.916. The topological polar surface area (TPSA) is 80.9 Å². The molecule has 96 valence electrons. The van der Waals surface area contributed by atoms with Crippen molar-refractivity contribution in [2.75, 3.05) is 0 Å². The average molecular weight is 266 g/mol. The molecule has 7 heteroatoms. The third kappa shape index (κ3) is 2.40. The van der Waals surface area contributed by atoms with Crippen molar-refractivity contribution in [3.63, 3.8) is 0 Å². The second-order valence-electron chi connectivity index (χ2n) is 4.48. The Balaban J connectivity index is 2.18. The van der Waals surface area contributed by atoms with Crippen molar-refractivity contribution >= 4 is 17.2 Å². The van der Waals surface area contributed by atoms with Crippen molar-refractivity contribution in [1.82, 2.24) is 20.4 Å². The third-order valence-corrected chi connectivity index (χ3v) is 3.39. The molecular formula is C11H14N4O2S. The molecule has 0 aliphatic heterocycles. The first-order valence-electron chi connectivity index (χ1n) is 5.43. The van der Waals surface area contributed by atoms with Gasteiger partial charge in [0.15, 0.2) is 5.82 Å². The molecule has 2 aromatic heterocycles. The smallest absolute Gasteiger partial charge is 0.264 e. The normalized spacial score (nSPS) is 11.6. The number of nitrogens with one attached hydrogen (secondary N) is 1. The van der Waals surface area contributed by atoms with Gasteiger partial charge >= 0.3 is 0 Å². The third-order valence-electron chi connectivity index (χ3n) is 2.46. The van der Waals surface area contributed by atoms with E-state index in [4.69, 9.17) is 4.52 Å². The zero-order chi connectivity index (χ0) is 13.3. The maximum absolute atomic E-state index is 12.1. The lowest BCUT2D eigenvalue weighted by molar-refractivity contribution is 0.0911. The number of aryl methyl sites for hydroxylation is 2. The average Bonchev–Trinajstić information content (AvgIpc) is 2.86. The Kier molecular flexibility index (Phi) is 3.16. The van der Waals surface area contributed by atoms with Crippen molar-refractivity contribution in [2.24, 2.45) is 0 Å². The summed E-state index contributed by atoms with van der Waals surface area (Å²) in [6.45, 7) is 7.16.